The van der Waals surface area contributed by atoms with Crippen molar-refractivity contribution in [3.8, 4) is 0 Å². The van der Waals surface area contributed by atoms with E-state index in [0.717, 1.165) is 0 Å². The standard InChI is InChI=1S/C8H16O2Si/c1-5-6-10-8(9)7-11(2,3)4/h5-6H,7H2,1-4H3. The minimum Gasteiger partial charge on any atom is -0.435 e. The Morgan fingerprint density at radius 2 is 2.00 bits per heavy atom. The number of ether oxygens (including phenoxy) is 1. The van der Waals surface area contributed by atoms with Crippen molar-refractivity contribution in [2.75, 3.05) is 0 Å². The molecular formula is C8H16O2Si. The van der Waals surface area contributed by atoms with Crippen LogP contribution in [0.2, 0.25) is 25.7 Å². The average molecular weight is 172 g/mol. The lowest BCUT2D eigenvalue weighted by Gasteiger charge is -2.12. The summed E-state index contributed by atoms with van der Waals surface area (Å²) in [6.07, 6.45) is 3.14. The molecule has 0 aliphatic rings. The molecule has 0 heterocycles. The van der Waals surface area contributed by atoms with Crippen LogP contribution >= 0.6 is 0 Å². The van der Waals surface area contributed by atoms with Gasteiger partial charge in [-0.3, -0.25) is 4.79 Å². The molecule has 0 saturated carbocycles. The van der Waals surface area contributed by atoms with Gasteiger partial charge in [0, 0.05) is 6.04 Å². The van der Waals surface area contributed by atoms with Crippen LogP contribution in [0.25, 0.3) is 0 Å². The van der Waals surface area contributed by atoms with E-state index < -0.39 is 8.07 Å². The molecule has 0 aliphatic heterocycles. The van der Waals surface area contributed by atoms with Crippen LogP contribution in [0.3, 0.4) is 0 Å². The van der Waals surface area contributed by atoms with Gasteiger partial charge in [-0.1, -0.05) is 25.7 Å². The molecule has 0 atom stereocenters. The van der Waals surface area contributed by atoms with E-state index in [1.165, 1.54) is 6.26 Å². The number of hydrogen-bond acceptors (Lipinski definition) is 2. The Balaban J connectivity index is 3.70. The molecule has 0 bridgehead atoms. The Morgan fingerprint density at radius 1 is 1.45 bits per heavy atom. The van der Waals surface area contributed by atoms with Crippen LogP contribution in [0.1, 0.15) is 6.92 Å². The Bertz CT molecular complexity index is 156. The quantitative estimate of drug-likeness (QED) is 0.371. The maximum Gasteiger partial charge on any atom is 0.307 e. The molecule has 0 saturated heterocycles. The van der Waals surface area contributed by atoms with Crippen LogP contribution < -0.4 is 0 Å². The highest BCUT2D eigenvalue weighted by molar-refractivity contribution is 6.78. The molecule has 0 radical (unpaired) electrons. The van der Waals surface area contributed by atoms with E-state index in [4.69, 9.17) is 4.74 Å². The zero-order valence-corrected chi connectivity index (χ0v) is 8.68. The van der Waals surface area contributed by atoms with Gasteiger partial charge in [0.25, 0.3) is 0 Å². The summed E-state index contributed by atoms with van der Waals surface area (Å²) in [5.74, 6) is -0.109. The summed E-state index contributed by atoms with van der Waals surface area (Å²) in [6.45, 7) is 8.25. The lowest BCUT2D eigenvalue weighted by Crippen LogP contribution is -2.24. The molecule has 0 spiro atoms. The molecule has 0 amide bonds. The van der Waals surface area contributed by atoms with Gasteiger partial charge in [-0.05, 0) is 6.92 Å². The van der Waals surface area contributed by atoms with E-state index >= 15 is 0 Å². The van der Waals surface area contributed by atoms with Crippen molar-refractivity contribution in [2.24, 2.45) is 0 Å². The van der Waals surface area contributed by atoms with Crippen molar-refractivity contribution in [3.05, 3.63) is 12.3 Å². The van der Waals surface area contributed by atoms with Gasteiger partial charge in [0.1, 0.15) is 0 Å². The van der Waals surface area contributed by atoms with Crippen molar-refractivity contribution < 1.29 is 9.53 Å². The maximum absolute atomic E-state index is 11.0. The fraction of sp³-hybridized carbons (Fsp3) is 0.625. The molecule has 0 rings (SSSR count). The third-order valence-corrected chi connectivity index (χ3v) is 2.36. The highest BCUT2D eigenvalue weighted by atomic mass is 28.3. The molecule has 64 valence electrons. The minimum atomic E-state index is -1.28. The van der Waals surface area contributed by atoms with Crippen LogP contribution in [0, 0.1) is 0 Å². The topological polar surface area (TPSA) is 26.3 Å². The second kappa shape index (κ2) is 4.33. The molecule has 0 aromatic heterocycles. The highest BCUT2D eigenvalue weighted by Gasteiger charge is 2.18. The first-order valence-electron chi connectivity index (χ1n) is 3.76. The average Bonchev–Trinajstić information content (AvgIpc) is 1.79. The summed E-state index contributed by atoms with van der Waals surface area (Å²) in [5.41, 5.74) is 0. The Labute approximate surface area is 69.3 Å². The van der Waals surface area contributed by atoms with Crippen molar-refractivity contribution in [3.63, 3.8) is 0 Å². The first-order chi connectivity index (χ1) is 4.95. The van der Waals surface area contributed by atoms with Gasteiger partial charge in [-0.25, -0.2) is 0 Å². The molecule has 0 N–H and O–H groups in total. The largest absolute Gasteiger partial charge is 0.435 e. The smallest absolute Gasteiger partial charge is 0.307 e. The lowest BCUT2D eigenvalue weighted by molar-refractivity contribution is -0.135. The molecule has 0 aliphatic carbocycles. The van der Waals surface area contributed by atoms with Crippen molar-refractivity contribution >= 4 is 14.0 Å². The van der Waals surface area contributed by atoms with E-state index in [0.29, 0.717) is 6.04 Å². The number of hydrogen-bond donors (Lipinski definition) is 0. The summed E-state index contributed by atoms with van der Waals surface area (Å²) >= 11 is 0. The van der Waals surface area contributed by atoms with Crippen molar-refractivity contribution in [1.29, 1.82) is 0 Å². The SMILES string of the molecule is CC=COC(=O)C[Si](C)(C)C. The molecule has 0 aromatic carbocycles. The van der Waals surface area contributed by atoms with E-state index in [9.17, 15) is 4.79 Å². The molecule has 3 heteroatoms. The summed E-state index contributed by atoms with van der Waals surface area (Å²) in [4.78, 5) is 11.0. The van der Waals surface area contributed by atoms with Gasteiger partial charge in [0.15, 0.2) is 0 Å². The van der Waals surface area contributed by atoms with Gasteiger partial charge in [0.05, 0.1) is 14.3 Å². The second-order valence-electron chi connectivity index (χ2n) is 3.70. The van der Waals surface area contributed by atoms with Gasteiger partial charge in [-0.15, -0.1) is 0 Å². The van der Waals surface area contributed by atoms with Crippen molar-refractivity contribution in [2.45, 2.75) is 32.6 Å². The maximum atomic E-state index is 11.0. The van der Waals surface area contributed by atoms with Gasteiger partial charge in [-0.2, -0.15) is 0 Å². The molecule has 0 unspecified atom stereocenters. The van der Waals surface area contributed by atoms with Crippen LogP contribution in [-0.4, -0.2) is 14.0 Å². The second-order valence-corrected chi connectivity index (χ2v) is 9.17. The third kappa shape index (κ3) is 7.32. The van der Waals surface area contributed by atoms with E-state index in [2.05, 4.69) is 19.6 Å². The molecule has 0 aromatic rings. The summed E-state index contributed by atoms with van der Waals surface area (Å²) in [5, 5.41) is 0. The summed E-state index contributed by atoms with van der Waals surface area (Å²) < 4.78 is 4.78. The minimum absolute atomic E-state index is 0.109. The normalized spacial score (nSPS) is 12.0. The first-order valence-corrected chi connectivity index (χ1v) is 7.47. The Morgan fingerprint density at radius 3 is 2.36 bits per heavy atom. The van der Waals surface area contributed by atoms with Crippen LogP contribution in [0.15, 0.2) is 12.3 Å². The lowest BCUT2D eigenvalue weighted by atomic mass is 10.7. The first kappa shape index (κ1) is 10.4. The van der Waals surface area contributed by atoms with Gasteiger partial charge >= 0.3 is 5.97 Å². The molecule has 0 fully saturated rings. The fourth-order valence-electron chi connectivity index (χ4n) is 0.619. The number of carbonyl (C=O) groups is 1. The predicted molar refractivity (Wildman–Crippen MR) is 49.1 cm³/mol. The van der Waals surface area contributed by atoms with Crippen LogP contribution in [-0.2, 0) is 9.53 Å². The molecular weight excluding hydrogens is 156 g/mol. The highest BCUT2D eigenvalue weighted by Crippen LogP contribution is 2.08. The number of allylic oxidation sites excluding steroid dienone is 1. The van der Waals surface area contributed by atoms with E-state index in [-0.39, 0.29) is 5.97 Å². The van der Waals surface area contributed by atoms with E-state index in [1.807, 2.05) is 6.92 Å². The predicted octanol–water partition coefficient (Wildman–Crippen LogP) is 2.40. The van der Waals surface area contributed by atoms with Crippen molar-refractivity contribution in [1.82, 2.24) is 0 Å². The van der Waals surface area contributed by atoms with Crippen LogP contribution in [0.4, 0.5) is 0 Å². The third-order valence-electron chi connectivity index (χ3n) is 1.01. The zero-order valence-electron chi connectivity index (χ0n) is 7.68. The Kier molecular flexibility index (Phi) is 4.11. The number of carbonyl (C=O) groups excluding carboxylic acids is 1. The molecule has 2 nitrogen and oxygen atoms in total. The van der Waals surface area contributed by atoms with E-state index in [1.54, 1.807) is 6.08 Å². The number of rotatable bonds is 3. The zero-order chi connectivity index (χ0) is 8.91. The summed E-state index contributed by atoms with van der Waals surface area (Å²) in [6, 6.07) is 0.595. The fourth-order valence-corrected chi connectivity index (χ4v) is 1.57. The number of esters is 1. The van der Waals surface area contributed by atoms with Gasteiger partial charge in [0.2, 0.25) is 0 Å². The molecule has 11 heavy (non-hydrogen) atoms. The van der Waals surface area contributed by atoms with Crippen LogP contribution in [0.5, 0.6) is 0 Å². The van der Waals surface area contributed by atoms with Gasteiger partial charge < -0.3 is 4.74 Å². The Hall–Kier alpha value is -0.573. The summed E-state index contributed by atoms with van der Waals surface area (Å²) in [7, 11) is -1.28. The monoisotopic (exact) mass is 172 g/mol.